The van der Waals surface area contributed by atoms with Gasteiger partial charge in [0.2, 0.25) is 11.8 Å². The Morgan fingerprint density at radius 3 is 2.30 bits per heavy atom. The first-order chi connectivity index (χ1) is 26.7. The molecule has 3 fully saturated rings. The number of carbonyl (C=O) groups is 3. The van der Waals surface area contributed by atoms with Crippen LogP contribution in [0.3, 0.4) is 0 Å². The van der Waals surface area contributed by atoms with Crippen molar-refractivity contribution in [1.82, 2.24) is 5.32 Å². The molecule has 11 unspecified atom stereocenters. The second-order valence-corrected chi connectivity index (χ2v) is 18.7. The number of fused-ring (bicyclic) bond motifs is 5. The van der Waals surface area contributed by atoms with Crippen LogP contribution in [0.2, 0.25) is 0 Å². The van der Waals surface area contributed by atoms with Crippen LogP contribution in [-0.2, 0) is 39.2 Å². The Labute approximate surface area is 332 Å². The number of aliphatic hydroxyl groups is 3. The lowest BCUT2D eigenvalue weighted by atomic mass is 9.55. The van der Waals surface area contributed by atoms with Crippen molar-refractivity contribution in [1.29, 1.82) is 0 Å². The van der Waals surface area contributed by atoms with Gasteiger partial charge in [-0.2, -0.15) is 0 Å². The van der Waals surface area contributed by atoms with Gasteiger partial charge in [-0.1, -0.05) is 46.6 Å². The number of aliphatic hydroxyl groups excluding tert-OH is 3. The first-order valence-electron chi connectivity index (χ1n) is 21.2. The van der Waals surface area contributed by atoms with E-state index in [0.29, 0.717) is 49.6 Å². The van der Waals surface area contributed by atoms with Crippen molar-refractivity contribution in [3.8, 4) is 5.75 Å². The summed E-state index contributed by atoms with van der Waals surface area (Å²) in [5, 5.41) is 34.5. The molecule has 0 bridgehead atoms. The van der Waals surface area contributed by atoms with Crippen LogP contribution in [0.15, 0.2) is 18.2 Å². The fourth-order valence-electron chi connectivity index (χ4n) is 10.0. The van der Waals surface area contributed by atoms with Crippen LogP contribution in [0.1, 0.15) is 141 Å². The zero-order valence-electron chi connectivity index (χ0n) is 33.9. The monoisotopic (exact) mass is 806 g/mol. The molecule has 4 aliphatic carbocycles. The van der Waals surface area contributed by atoms with E-state index in [9.17, 15) is 34.3 Å². The maximum atomic E-state index is 13.5. The molecule has 0 heterocycles. The van der Waals surface area contributed by atoms with Crippen molar-refractivity contribution >= 4 is 25.6 Å². The van der Waals surface area contributed by atoms with Crippen molar-refractivity contribution in [2.24, 2.45) is 34.8 Å². The van der Waals surface area contributed by atoms with Gasteiger partial charge in [0.15, 0.2) is 0 Å². The molecule has 0 saturated heterocycles. The molecule has 316 valence electrons. The van der Waals surface area contributed by atoms with Crippen molar-refractivity contribution in [2.75, 3.05) is 13.2 Å². The molecule has 14 heteroatoms. The van der Waals surface area contributed by atoms with Gasteiger partial charge in [0, 0.05) is 18.3 Å². The van der Waals surface area contributed by atoms with Crippen LogP contribution in [0.25, 0.3) is 0 Å². The number of aryl methyl sites for hydroxylation is 1. The Morgan fingerprint density at radius 1 is 0.964 bits per heavy atom. The van der Waals surface area contributed by atoms with E-state index in [-0.39, 0.29) is 43.1 Å². The number of amides is 2. The van der Waals surface area contributed by atoms with Crippen molar-refractivity contribution < 1.29 is 52.6 Å². The summed E-state index contributed by atoms with van der Waals surface area (Å²) in [7, 11) is -3.74. The number of hydrogen-bond donors (Lipinski definition) is 5. The number of phosphoric acid groups is 1. The highest BCUT2D eigenvalue weighted by atomic mass is 31.2. The minimum Gasteiger partial charge on any atom is -0.462 e. The lowest BCUT2D eigenvalue weighted by Crippen LogP contribution is -2.54. The van der Waals surface area contributed by atoms with Crippen LogP contribution in [0, 0.1) is 29.1 Å². The van der Waals surface area contributed by atoms with Gasteiger partial charge >= 0.3 is 13.8 Å². The minimum absolute atomic E-state index is 0.00632. The van der Waals surface area contributed by atoms with E-state index in [4.69, 9.17) is 24.0 Å². The van der Waals surface area contributed by atoms with Gasteiger partial charge in [0.05, 0.1) is 43.5 Å². The zero-order chi connectivity index (χ0) is 40.6. The molecule has 1 aromatic carbocycles. The number of carbonyl (C=O) groups excluding carboxylic acids is 3. The van der Waals surface area contributed by atoms with E-state index >= 15 is 0 Å². The SMILES string of the molecule is CCCCOP(=O)(OCCCC)Oc1ccc2c(c1)CCC1C2CCC2(C)C(OC(=O)CCC(O)C(O)CCC(=O)NC3CCC(C)C(C(N)=O)C3O)CCC12. The summed E-state index contributed by atoms with van der Waals surface area (Å²) in [5.74, 6) is -0.473. The Morgan fingerprint density at radius 2 is 1.64 bits per heavy atom. The normalized spacial score (nSPS) is 31.0. The second-order valence-electron chi connectivity index (χ2n) is 17.1. The largest absolute Gasteiger partial charge is 0.530 e. The van der Waals surface area contributed by atoms with Crippen LogP contribution in [-0.4, -0.2) is 76.8 Å². The fraction of sp³-hybridized carbons (Fsp3) is 0.786. The third-order valence-corrected chi connectivity index (χ3v) is 14.8. The first-order valence-corrected chi connectivity index (χ1v) is 22.7. The molecule has 0 aliphatic heterocycles. The van der Waals surface area contributed by atoms with E-state index in [1.165, 1.54) is 11.1 Å². The number of nitrogens with two attached hydrogens (primary N) is 1. The van der Waals surface area contributed by atoms with Gasteiger partial charge < -0.3 is 35.6 Å². The highest BCUT2D eigenvalue weighted by Gasteiger charge is 2.56. The third kappa shape index (κ3) is 10.7. The van der Waals surface area contributed by atoms with E-state index in [1.807, 2.05) is 32.9 Å². The number of esters is 1. The maximum Gasteiger partial charge on any atom is 0.530 e. The van der Waals surface area contributed by atoms with Gasteiger partial charge in [-0.3, -0.25) is 23.4 Å². The molecule has 4 aliphatic rings. The quantitative estimate of drug-likeness (QED) is 0.0567. The van der Waals surface area contributed by atoms with Gasteiger partial charge in [-0.15, -0.1) is 0 Å². The number of unbranched alkanes of at least 4 members (excludes halogenated alkanes) is 2. The van der Waals surface area contributed by atoms with E-state index in [2.05, 4.69) is 18.3 Å². The third-order valence-electron chi connectivity index (χ3n) is 13.4. The van der Waals surface area contributed by atoms with Gasteiger partial charge in [0.25, 0.3) is 0 Å². The molecule has 6 N–H and O–H groups in total. The van der Waals surface area contributed by atoms with E-state index in [1.54, 1.807) is 0 Å². The molecule has 11 atom stereocenters. The lowest BCUT2D eigenvalue weighted by molar-refractivity contribution is -0.158. The van der Waals surface area contributed by atoms with Crippen LogP contribution in [0.4, 0.5) is 0 Å². The number of primary amides is 1. The van der Waals surface area contributed by atoms with Crippen molar-refractivity contribution in [2.45, 2.75) is 167 Å². The smallest absolute Gasteiger partial charge is 0.462 e. The summed E-state index contributed by atoms with van der Waals surface area (Å²) in [5.41, 5.74) is 7.83. The van der Waals surface area contributed by atoms with Crippen LogP contribution >= 0.6 is 7.82 Å². The first kappa shape index (κ1) is 44.6. The summed E-state index contributed by atoms with van der Waals surface area (Å²) in [6.45, 7) is 8.82. The topological polar surface area (TPSA) is 204 Å². The summed E-state index contributed by atoms with van der Waals surface area (Å²) < 4.78 is 36.8. The van der Waals surface area contributed by atoms with Crippen LogP contribution in [0.5, 0.6) is 5.75 Å². The summed E-state index contributed by atoms with van der Waals surface area (Å²) >= 11 is 0. The predicted octanol–water partition coefficient (Wildman–Crippen LogP) is 6.23. The maximum absolute atomic E-state index is 13.5. The Balaban J connectivity index is 1.08. The zero-order valence-corrected chi connectivity index (χ0v) is 34.8. The van der Waals surface area contributed by atoms with Crippen LogP contribution < -0.4 is 15.6 Å². The highest BCUT2D eigenvalue weighted by molar-refractivity contribution is 7.48. The van der Waals surface area contributed by atoms with Gasteiger partial charge in [-0.25, -0.2) is 4.57 Å². The van der Waals surface area contributed by atoms with Crippen molar-refractivity contribution in [3.05, 3.63) is 29.3 Å². The van der Waals surface area contributed by atoms with Gasteiger partial charge in [0.1, 0.15) is 11.9 Å². The second kappa shape index (κ2) is 19.9. The Hall–Kier alpha value is -2.54. The minimum atomic E-state index is -3.74. The molecule has 0 aromatic heterocycles. The number of benzene rings is 1. The molecule has 2 amide bonds. The number of ether oxygens (including phenoxy) is 1. The molecule has 56 heavy (non-hydrogen) atoms. The number of nitrogens with one attached hydrogen (secondary N) is 1. The lowest BCUT2D eigenvalue weighted by Gasteiger charge is -2.50. The highest BCUT2D eigenvalue weighted by Crippen LogP contribution is 2.62. The summed E-state index contributed by atoms with van der Waals surface area (Å²) in [6.07, 6.45) is 6.18. The number of hydrogen-bond acceptors (Lipinski definition) is 11. The average Bonchev–Trinajstić information content (AvgIpc) is 3.49. The number of rotatable bonds is 20. The Bertz CT molecular complexity index is 1530. The molecule has 0 spiro atoms. The predicted molar refractivity (Wildman–Crippen MR) is 210 cm³/mol. The number of phosphoric ester groups is 1. The molecule has 5 rings (SSSR count). The molecular weight excluding hydrogens is 739 g/mol. The molecule has 13 nitrogen and oxygen atoms in total. The molecule has 0 radical (unpaired) electrons. The summed E-state index contributed by atoms with van der Waals surface area (Å²) in [6, 6.07) is 5.40. The molecule has 3 saturated carbocycles. The van der Waals surface area contributed by atoms with Gasteiger partial charge in [-0.05, 0) is 124 Å². The molecule has 1 aromatic rings. The van der Waals surface area contributed by atoms with Crippen molar-refractivity contribution in [3.63, 3.8) is 0 Å². The van der Waals surface area contributed by atoms with E-state index in [0.717, 1.165) is 64.2 Å². The molecular formula is C42H67N2O11P. The summed E-state index contributed by atoms with van der Waals surface area (Å²) in [4.78, 5) is 37.5. The fourth-order valence-corrected chi connectivity index (χ4v) is 11.3. The van der Waals surface area contributed by atoms with E-state index < -0.39 is 55.9 Å². The standard InChI is InChI=1S/C42H67N2O11P/c1-5-7-23-52-56(51,53-24-8-6-2)55-28-11-13-29-27(25-28)10-12-31-30(29)21-22-42(4)32(31)14-18-36(42)54-38(48)20-17-35(46)34(45)16-19-37(47)44-33-15-9-26(3)39(40(33)49)41(43)50/h11,13,25-26,30-36,39-40,45-46,49H,5-10,12,14-24H2,1-4H3,(H2,43,50)(H,44,47). The Kier molecular flexibility index (Phi) is 15.9. The average molecular weight is 807 g/mol.